The number of rotatable bonds is 10. The summed E-state index contributed by atoms with van der Waals surface area (Å²) in [5.74, 6) is 2.38. The second-order valence-corrected chi connectivity index (χ2v) is 7.80. The van der Waals surface area contributed by atoms with Crippen LogP contribution in [0.25, 0.3) is 0 Å². The van der Waals surface area contributed by atoms with E-state index in [9.17, 15) is 4.79 Å². The van der Waals surface area contributed by atoms with Crippen molar-refractivity contribution in [1.82, 2.24) is 35.4 Å². The first-order chi connectivity index (χ1) is 14.1. The number of carbonyl (C=O) groups is 1. The Morgan fingerprint density at radius 2 is 2.21 bits per heavy atom. The molecule has 29 heavy (non-hydrogen) atoms. The van der Waals surface area contributed by atoms with Crippen molar-refractivity contribution in [3.8, 4) is 5.75 Å². The monoisotopic (exact) mass is 401 g/mol. The van der Waals surface area contributed by atoms with Gasteiger partial charge in [-0.05, 0) is 67.8 Å². The summed E-state index contributed by atoms with van der Waals surface area (Å²) in [5, 5.41) is 15.0. The lowest BCUT2D eigenvalue weighted by molar-refractivity contribution is -0.121. The van der Waals surface area contributed by atoms with E-state index in [-0.39, 0.29) is 12.0 Å². The molecule has 1 aliphatic heterocycles. The van der Waals surface area contributed by atoms with Crippen molar-refractivity contribution in [2.24, 2.45) is 5.92 Å². The summed E-state index contributed by atoms with van der Waals surface area (Å²) < 4.78 is 7.53. The Bertz CT molecular complexity index is 744. The molecular formula is C20H31N7O2. The van der Waals surface area contributed by atoms with E-state index in [1.165, 1.54) is 12.8 Å². The Kier molecular flexibility index (Phi) is 7.92. The maximum atomic E-state index is 12.1. The second kappa shape index (κ2) is 10.8. The third-order valence-corrected chi connectivity index (χ3v) is 5.18. The zero-order chi connectivity index (χ0) is 20.5. The fourth-order valence-corrected chi connectivity index (χ4v) is 3.36. The first kappa shape index (κ1) is 21.2. The minimum Gasteiger partial charge on any atom is -0.487 e. The van der Waals surface area contributed by atoms with Crippen LogP contribution >= 0.6 is 0 Å². The highest BCUT2D eigenvalue weighted by molar-refractivity contribution is 5.75. The molecule has 1 N–H and O–H groups in total. The van der Waals surface area contributed by atoms with Gasteiger partial charge in [-0.25, -0.2) is 4.68 Å². The van der Waals surface area contributed by atoms with Crippen molar-refractivity contribution in [2.45, 2.75) is 58.7 Å². The summed E-state index contributed by atoms with van der Waals surface area (Å²) in [5.41, 5.74) is 0. The van der Waals surface area contributed by atoms with E-state index in [4.69, 9.17) is 4.74 Å². The van der Waals surface area contributed by atoms with Gasteiger partial charge in [-0.3, -0.25) is 14.7 Å². The number of ether oxygens (including phenoxy) is 1. The zero-order valence-electron chi connectivity index (χ0n) is 17.3. The van der Waals surface area contributed by atoms with Gasteiger partial charge in [0.1, 0.15) is 11.9 Å². The lowest BCUT2D eigenvalue weighted by Gasteiger charge is -2.29. The van der Waals surface area contributed by atoms with Crippen LogP contribution < -0.4 is 10.1 Å². The fourth-order valence-electron chi connectivity index (χ4n) is 3.36. The lowest BCUT2D eigenvalue weighted by atomic mass is 9.99. The number of aromatic nitrogens is 5. The van der Waals surface area contributed by atoms with Gasteiger partial charge in [-0.2, -0.15) is 0 Å². The van der Waals surface area contributed by atoms with Crippen LogP contribution in [0.2, 0.25) is 0 Å². The molecule has 0 aliphatic carbocycles. The van der Waals surface area contributed by atoms with Gasteiger partial charge in [0.25, 0.3) is 0 Å². The van der Waals surface area contributed by atoms with E-state index in [1.54, 1.807) is 12.4 Å². The summed E-state index contributed by atoms with van der Waals surface area (Å²) in [4.78, 5) is 18.5. The van der Waals surface area contributed by atoms with Gasteiger partial charge in [0.2, 0.25) is 5.91 Å². The predicted octanol–water partition coefficient (Wildman–Crippen LogP) is 1.66. The van der Waals surface area contributed by atoms with Crippen LogP contribution in [0.4, 0.5) is 0 Å². The third-order valence-electron chi connectivity index (χ3n) is 5.18. The van der Waals surface area contributed by atoms with Crippen LogP contribution in [-0.2, 0) is 17.9 Å². The number of nitrogens with zero attached hydrogens (tertiary/aromatic N) is 6. The smallest absolute Gasteiger partial charge is 0.220 e. The quantitative estimate of drug-likeness (QED) is 0.646. The number of tetrazole rings is 1. The SMILES string of the molecule is CC1CCN(Cc2nnnn2CCCC(=O)NC[C@@H](C)Oc2cccnc2)CC1. The molecule has 3 heterocycles. The van der Waals surface area contributed by atoms with Gasteiger partial charge in [0.05, 0.1) is 19.3 Å². The number of carbonyl (C=O) groups excluding carboxylic acids is 1. The molecule has 0 radical (unpaired) electrons. The molecular weight excluding hydrogens is 370 g/mol. The molecule has 1 saturated heterocycles. The molecule has 9 heteroatoms. The maximum absolute atomic E-state index is 12.1. The molecule has 2 aromatic rings. The number of aryl methyl sites for hydroxylation is 1. The molecule has 1 atom stereocenters. The van der Waals surface area contributed by atoms with Crippen molar-refractivity contribution in [2.75, 3.05) is 19.6 Å². The van der Waals surface area contributed by atoms with Crippen LogP contribution in [-0.4, -0.2) is 61.7 Å². The molecule has 1 aliphatic rings. The van der Waals surface area contributed by atoms with Crippen molar-refractivity contribution in [3.05, 3.63) is 30.4 Å². The number of amides is 1. The van der Waals surface area contributed by atoms with Crippen LogP contribution in [0, 0.1) is 5.92 Å². The summed E-state index contributed by atoms with van der Waals surface area (Å²) in [6.45, 7) is 8.28. The van der Waals surface area contributed by atoms with Gasteiger partial charge in [-0.15, -0.1) is 5.10 Å². The summed E-state index contributed by atoms with van der Waals surface area (Å²) in [6.07, 6.45) is 6.81. The van der Waals surface area contributed by atoms with Crippen LogP contribution in [0.5, 0.6) is 5.75 Å². The molecule has 0 spiro atoms. The van der Waals surface area contributed by atoms with E-state index in [2.05, 4.69) is 37.6 Å². The van der Waals surface area contributed by atoms with E-state index in [0.29, 0.717) is 31.7 Å². The van der Waals surface area contributed by atoms with E-state index < -0.39 is 0 Å². The van der Waals surface area contributed by atoms with Crippen molar-refractivity contribution in [1.29, 1.82) is 0 Å². The largest absolute Gasteiger partial charge is 0.487 e. The molecule has 9 nitrogen and oxygen atoms in total. The Morgan fingerprint density at radius 3 is 2.97 bits per heavy atom. The van der Waals surface area contributed by atoms with E-state index >= 15 is 0 Å². The third kappa shape index (κ3) is 7.08. The maximum Gasteiger partial charge on any atom is 0.220 e. The van der Waals surface area contributed by atoms with Gasteiger partial charge in [-0.1, -0.05) is 6.92 Å². The molecule has 0 saturated carbocycles. The molecule has 1 amide bonds. The van der Waals surface area contributed by atoms with Crippen molar-refractivity contribution < 1.29 is 9.53 Å². The highest BCUT2D eigenvalue weighted by Gasteiger charge is 2.18. The number of likely N-dealkylation sites (tertiary alicyclic amines) is 1. The highest BCUT2D eigenvalue weighted by Crippen LogP contribution is 2.17. The molecule has 2 aromatic heterocycles. The standard InChI is InChI=1S/C20H31N7O2/c1-16-7-11-26(12-8-16)15-19-23-24-25-27(19)10-4-6-20(28)22-13-17(2)29-18-5-3-9-21-14-18/h3,5,9,14,16-17H,4,6-8,10-13,15H2,1-2H3,(H,22,28)/t17-/m1/s1. The Labute approximate surface area is 171 Å². The number of nitrogens with one attached hydrogen (secondary N) is 1. The van der Waals surface area contributed by atoms with Crippen LogP contribution in [0.15, 0.2) is 24.5 Å². The number of hydrogen-bond acceptors (Lipinski definition) is 7. The Morgan fingerprint density at radius 1 is 1.38 bits per heavy atom. The van der Waals surface area contributed by atoms with E-state index in [0.717, 1.165) is 31.4 Å². The normalized spacial score (nSPS) is 16.5. The molecule has 3 rings (SSSR count). The van der Waals surface area contributed by atoms with Crippen molar-refractivity contribution >= 4 is 5.91 Å². The molecule has 158 valence electrons. The zero-order valence-corrected chi connectivity index (χ0v) is 17.3. The first-order valence-corrected chi connectivity index (χ1v) is 10.4. The average Bonchev–Trinajstić information content (AvgIpc) is 3.16. The van der Waals surface area contributed by atoms with Crippen molar-refractivity contribution in [3.63, 3.8) is 0 Å². The predicted molar refractivity (Wildman–Crippen MR) is 108 cm³/mol. The number of hydrogen-bond donors (Lipinski definition) is 1. The fraction of sp³-hybridized carbons (Fsp3) is 0.650. The minimum absolute atomic E-state index is 0.00581. The Balaban J connectivity index is 1.33. The topological polar surface area (TPSA) is 98.1 Å². The molecule has 0 bridgehead atoms. The summed E-state index contributed by atoms with van der Waals surface area (Å²) in [6, 6.07) is 3.67. The minimum atomic E-state index is -0.124. The summed E-state index contributed by atoms with van der Waals surface area (Å²) in [7, 11) is 0. The molecule has 1 fully saturated rings. The number of pyridine rings is 1. The van der Waals surface area contributed by atoms with Gasteiger partial charge < -0.3 is 10.1 Å². The lowest BCUT2D eigenvalue weighted by Crippen LogP contribution is -2.34. The highest BCUT2D eigenvalue weighted by atomic mass is 16.5. The Hall–Kier alpha value is -2.55. The average molecular weight is 402 g/mol. The van der Waals surface area contributed by atoms with Gasteiger partial charge in [0, 0.05) is 19.2 Å². The van der Waals surface area contributed by atoms with Gasteiger partial charge in [0.15, 0.2) is 5.82 Å². The first-order valence-electron chi connectivity index (χ1n) is 10.4. The van der Waals surface area contributed by atoms with E-state index in [1.807, 2.05) is 23.7 Å². The van der Waals surface area contributed by atoms with Crippen LogP contribution in [0.1, 0.15) is 45.4 Å². The molecule has 0 unspecified atom stereocenters. The number of piperidine rings is 1. The second-order valence-electron chi connectivity index (χ2n) is 7.80. The molecule has 0 aromatic carbocycles. The van der Waals surface area contributed by atoms with Gasteiger partial charge >= 0.3 is 0 Å². The summed E-state index contributed by atoms with van der Waals surface area (Å²) >= 11 is 0. The van der Waals surface area contributed by atoms with Crippen LogP contribution in [0.3, 0.4) is 0 Å².